The van der Waals surface area contributed by atoms with Crippen LogP contribution in [0.15, 0.2) is 12.1 Å². The molecule has 2 rings (SSSR count). The molecule has 0 aliphatic heterocycles. The third kappa shape index (κ3) is 2.83. The number of benzene rings is 1. The van der Waals surface area contributed by atoms with Crippen molar-refractivity contribution in [3.63, 3.8) is 0 Å². The van der Waals surface area contributed by atoms with Gasteiger partial charge in [0.25, 0.3) is 5.91 Å². The first-order chi connectivity index (χ1) is 9.56. The zero-order valence-electron chi connectivity index (χ0n) is 11.1. The summed E-state index contributed by atoms with van der Waals surface area (Å²) >= 11 is 7.04. The van der Waals surface area contributed by atoms with E-state index in [-0.39, 0.29) is 5.91 Å². The van der Waals surface area contributed by atoms with Crippen LogP contribution in [0.3, 0.4) is 0 Å². The lowest BCUT2D eigenvalue weighted by Gasteiger charge is -2.12. The van der Waals surface area contributed by atoms with Gasteiger partial charge in [0.1, 0.15) is 16.4 Å². The van der Waals surface area contributed by atoms with E-state index in [1.165, 1.54) is 14.2 Å². The summed E-state index contributed by atoms with van der Waals surface area (Å²) in [5, 5.41) is 6.94. The predicted octanol–water partition coefficient (Wildman–Crippen LogP) is 2.77. The minimum atomic E-state index is -0.305. The number of nitrogens with zero attached hydrogens (tertiary/aromatic N) is 2. The average Bonchev–Trinajstić information content (AvgIpc) is 2.86. The number of rotatable bonds is 4. The molecule has 0 aliphatic carbocycles. The van der Waals surface area contributed by atoms with Gasteiger partial charge in [-0.05, 0) is 18.5 Å². The Bertz CT molecular complexity index is 645. The van der Waals surface area contributed by atoms with Gasteiger partial charge in [-0.3, -0.25) is 4.79 Å². The number of hydrogen-bond donors (Lipinski definition) is 1. The molecule has 0 unspecified atom stereocenters. The van der Waals surface area contributed by atoms with Crippen LogP contribution in [0.2, 0.25) is 5.02 Å². The van der Waals surface area contributed by atoms with Crippen LogP contribution in [-0.2, 0) is 0 Å². The highest BCUT2D eigenvalue weighted by molar-refractivity contribution is 7.08. The van der Waals surface area contributed by atoms with E-state index < -0.39 is 0 Å². The highest BCUT2D eigenvalue weighted by Crippen LogP contribution is 2.36. The number of methoxy groups -OCH3 is 2. The molecule has 0 atom stereocenters. The third-order valence-corrected chi connectivity index (χ3v) is 3.70. The first kappa shape index (κ1) is 14.5. The van der Waals surface area contributed by atoms with E-state index in [0.29, 0.717) is 32.8 Å². The molecule has 0 bridgehead atoms. The predicted molar refractivity (Wildman–Crippen MR) is 77.2 cm³/mol. The van der Waals surface area contributed by atoms with E-state index in [9.17, 15) is 4.79 Å². The molecule has 1 N–H and O–H groups in total. The number of ether oxygens (including phenoxy) is 2. The summed E-state index contributed by atoms with van der Waals surface area (Å²) in [6.07, 6.45) is 0. The average molecular weight is 314 g/mol. The SMILES string of the molecule is COc1cc(NC(=O)c2snnc2C)c(OC)cc1Cl. The van der Waals surface area contributed by atoms with E-state index in [1.807, 2.05) is 0 Å². The Morgan fingerprint density at radius 2 is 2.00 bits per heavy atom. The van der Waals surface area contributed by atoms with Gasteiger partial charge in [-0.2, -0.15) is 0 Å². The maximum atomic E-state index is 12.1. The Labute approximate surface area is 124 Å². The molecule has 6 nitrogen and oxygen atoms in total. The molecular weight excluding hydrogens is 302 g/mol. The molecule has 0 aliphatic rings. The number of nitrogens with one attached hydrogen (secondary N) is 1. The van der Waals surface area contributed by atoms with E-state index in [4.69, 9.17) is 21.1 Å². The Balaban J connectivity index is 2.33. The molecule has 0 saturated carbocycles. The molecule has 1 heterocycles. The fourth-order valence-electron chi connectivity index (χ4n) is 1.58. The summed E-state index contributed by atoms with van der Waals surface area (Å²) in [6.45, 7) is 1.72. The van der Waals surface area contributed by atoms with Crippen LogP contribution in [0.4, 0.5) is 5.69 Å². The molecule has 0 saturated heterocycles. The third-order valence-electron chi connectivity index (χ3n) is 2.58. The van der Waals surface area contributed by atoms with Crippen LogP contribution < -0.4 is 14.8 Å². The van der Waals surface area contributed by atoms with E-state index in [1.54, 1.807) is 19.1 Å². The highest BCUT2D eigenvalue weighted by atomic mass is 35.5. The maximum Gasteiger partial charge on any atom is 0.269 e. The molecule has 1 aromatic carbocycles. The molecular formula is C12H12ClN3O3S. The van der Waals surface area contributed by atoms with Crippen LogP contribution >= 0.6 is 23.1 Å². The van der Waals surface area contributed by atoms with Crippen molar-refractivity contribution in [1.29, 1.82) is 0 Å². The number of carbonyl (C=O) groups is 1. The van der Waals surface area contributed by atoms with Crippen molar-refractivity contribution in [1.82, 2.24) is 9.59 Å². The van der Waals surface area contributed by atoms with Crippen molar-refractivity contribution in [2.45, 2.75) is 6.92 Å². The standard InChI is InChI=1S/C12H12ClN3O3S/c1-6-11(20-16-15-6)12(17)14-8-5-9(18-2)7(13)4-10(8)19-3/h4-5H,1-3H3,(H,14,17). The molecule has 0 spiro atoms. The quantitative estimate of drug-likeness (QED) is 0.939. The summed E-state index contributed by atoms with van der Waals surface area (Å²) in [5.74, 6) is 0.585. The molecule has 8 heteroatoms. The Morgan fingerprint density at radius 3 is 2.55 bits per heavy atom. The first-order valence-corrected chi connectivity index (χ1v) is 6.73. The number of amides is 1. The van der Waals surface area contributed by atoms with Crippen molar-refractivity contribution in [2.24, 2.45) is 0 Å². The molecule has 1 aromatic heterocycles. The van der Waals surface area contributed by atoms with Gasteiger partial charge in [-0.15, -0.1) is 5.10 Å². The fraction of sp³-hybridized carbons (Fsp3) is 0.250. The zero-order valence-corrected chi connectivity index (χ0v) is 12.6. The number of hydrogen-bond acceptors (Lipinski definition) is 6. The number of halogens is 1. The van der Waals surface area contributed by atoms with Gasteiger partial charge in [0.05, 0.1) is 30.6 Å². The summed E-state index contributed by atoms with van der Waals surface area (Å²) in [5.41, 5.74) is 1.04. The van der Waals surface area contributed by atoms with Crippen LogP contribution in [-0.4, -0.2) is 29.7 Å². The Hall–Kier alpha value is -1.86. The van der Waals surface area contributed by atoms with Gasteiger partial charge in [0, 0.05) is 12.1 Å². The topological polar surface area (TPSA) is 73.3 Å². The van der Waals surface area contributed by atoms with Gasteiger partial charge in [-0.1, -0.05) is 16.1 Å². The molecule has 0 fully saturated rings. The number of carbonyl (C=O) groups excluding carboxylic acids is 1. The van der Waals surface area contributed by atoms with E-state index >= 15 is 0 Å². The Kier molecular flexibility index (Phi) is 4.41. The summed E-state index contributed by atoms with van der Waals surface area (Å²) in [4.78, 5) is 12.6. The largest absolute Gasteiger partial charge is 0.495 e. The lowest BCUT2D eigenvalue weighted by Crippen LogP contribution is -2.12. The fourth-order valence-corrected chi connectivity index (χ4v) is 2.36. The van der Waals surface area contributed by atoms with Crippen molar-refractivity contribution in [2.75, 3.05) is 19.5 Å². The summed E-state index contributed by atoms with van der Waals surface area (Å²) < 4.78 is 14.0. The van der Waals surface area contributed by atoms with Crippen LogP contribution in [0.25, 0.3) is 0 Å². The van der Waals surface area contributed by atoms with Crippen LogP contribution in [0.1, 0.15) is 15.4 Å². The van der Waals surface area contributed by atoms with Crippen molar-refractivity contribution in [3.8, 4) is 11.5 Å². The maximum absolute atomic E-state index is 12.1. The van der Waals surface area contributed by atoms with Gasteiger partial charge >= 0.3 is 0 Å². The first-order valence-electron chi connectivity index (χ1n) is 5.58. The zero-order chi connectivity index (χ0) is 14.7. The summed E-state index contributed by atoms with van der Waals surface area (Å²) in [7, 11) is 2.99. The monoisotopic (exact) mass is 313 g/mol. The highest BCUT2D eigenvalue weighted by Gasteiger charge is 2.17. The lowest BCUT2D eigenvalue weighted by atomic mass is 10.2. The molecule has 106 valence electrons. The second-order valence-corrected chi connectivity index (χ2v) is 4.99. The summed E-state index contributed by atoms with van der Waals surface area (Å²) in [6, 6.07) is 3.18. The molecule has 0 radical (unpaired) electrons. The molecule has 2 aromatic rings. The van der Waals surface area contributed by atoms with Crippen molar-refractivity contribution in [3.05, 3.63) is 27.7 Å². The molecule has 1 amide bonds. The number of anilines is 1. The minimum Gasteiger partial charge on any atom is -0.495 e. The second-order valence-electron chi connectivity index (χ2n) is 3.83. The van der Waals surface area contributed by atoms with Crippen LogP contribution in [0.5, 0.6) is 11.5 Å². The second kappa shape index (κ2) is 6.06. The van der Waals surface area contributed by atoms with Gasteiger partial charge < -0.3 is 14.8 Å². The number of aromatic nitrogens is 2. The van der Waals surface area contributed by atoms with Gasteiger partial charge in [0.15, 0.2) is 0 Å². The Morgan fingerprint density at radius 1 is 1.30 bits per heavy atom. The van der Waals surface area contributed by atoms with Crippen molar-refractivity contribution >= 4 is 34.7 Å². The van der Waals surface area contributed by atoms with Gasteiger partial charge in [-0.25, -0.2) is 0 Å². The van der Waals surface area contributed by atoms with Crippen molar-refractivity contribution < 1.29 is 14.3 Å². The smallest absolute Gasteiger partial charge is 0.269 e. The van der Waals surface area contributed by atoms with Gasteiger partial charge in [0.2, 0.25) is 0 Å². The lowest BCUT2D eigenvalue weighted by molar-refractivity contribution is 0.102. The van der Waals surface area contributed by atoms with E-state index in [0.717, 1.165) is 11.5 Å². The van der Waals surface area contributed by atoms with Crippen LogP contribution in [0, 0.1) is 6.92 Å². The van der Waals surface area contributed by atoms with E-state index in [2.05, 4.69) is 14.9 Å². The molecule has 20 heavy (non-hydrogen) atoms. The minimum absolute atomic E-state index is 0.305. The number of aryl methyl sites for hydroxylation is 1. The normalized spacial score (nSPS) is 10.2.